The Morgan fingerprint density at radius 2 is 2.06 bits per heavy atom. The summed E-state index contributed by atoms with van der Waals surface area (Å²) in [5.41, 5.74) is 5.95. The molecule has 1 heterocycles. The number of nitrogens with one attached hydrogen (secondary N) is 1. The average molecular weight is 239 g/mol. The second-order valence-corrected chi connectivity index (χ2v) is 5.95. The van der Waals surface area contributed by atoms with Gasteiger partial charge in [-0.25, -0.2) is 4.98 Å². The van der Waals surface area contributed by atoms with Crippen molar-refractivity contribution >= 4 is 11.3 Å². The van der Waals surface area contributed by atoms with Crippen molar-refractivity contribution in [1.29, 1.82) is 0 Å². The summed E-state index contributed by atoms with van der Waals surface area (Å²) in [5, 5.41) is 2.11. The van der Waals surface area contributed by atoms with Crippen molar-refractivity contribution in [1.82, 2.24) is 10.4 Å². The first kappa shape index (κ1) is 12.0. The average Bonchev–Trinajstić information content (AvgIpc) is 2.70. The van der Waals surface area contributed by atoms with E-state index in [1.807, 2.05) is 5.51 Å². The third-order valence-corrected chi connectivity index (χ3v) is 4.24. The Labute approximate surface area is 101 Å². The van der Waals surface area contributed by atoms with E-state index in [9.17, 15) is 0 Å². The number of hydrogen-bond donors (Lipinski definition) is 2. The molecule has 0 radical (unpaired) electrons. The number of hydrazine groups is 1. The molecule has 0 bridgehead atoms. The van der Waals surface area contributed by atoms with Gasteiger partial charge in [-0.3, -0.25) is 11.3 Å². The van der Waals surface area contributed by atoms with Crippen molar-refractivity contribution in [3.05, 3.63) is 16.6 Å². The van der Waals surface area contributed by atoms with Crippen LogP contribution in [0.1, 0.15) is 44.8 Å². The highest BCUT2D eigenvalue weighted by atomic mass is 32.1. The topological polar surface area (TPSA) is 50.9 Å². The number of nitrogens with two attached hydrogens (primary N) is 1. The minimum Gasteiger partial charge on any atom is -0.271 e. The second kappa shape index (κ2) is 5.25. The Morgan fingerprint density at radius 1 is 1.38 bits per heavy atom. The van der Waals surface area contributed by atoms with Gasteiger partial charge < -0.3 is 0 Å². The van der Waals surface area contributed by atoms with Gasteiger partial charge >= 0.3 is 0 Å². The lowest BCUT2D eigenvalue weighted by molar-refractivity contribution is 0.175. The van der Waals surface area contributed by atoms with Crippen LogP contribution in [0.4, 0.5) is 0 Å². The van der Waals surface area contributed by atoms with E-state index in [0.717, 1.165) is 17.5 Å². The first-order valence-electron chi connectivity index (χ1n) is 6.05. The predicted molar refractivity (Wildman–Crippen MR) is 67.8 cm³/mol. The monoisotopic (exact) mass is 239 g/mol. The van der Waals surface area contributed by atoms with Crippen LogP contribution in [-0.4, -0.2) is 4.98 Å². The van der Waals surface area contributed by atoms with E-state index in [0.29, 0.717) is 5.92 Å². The van der Waals surface area contributed by atoms with Crippen LogP contribution in [0.5, 0.6) is 0 Å². The van der Waals surface area contributed by atoms with Crippen LogP contribution in [0.15, 0.2) is 10.9 Å². The van der Waals surface area contributed by atoms with Crippen LogP contribution >= 0.6 is 11.3 Å². The van der Waals surface area contributed by atoms with Gasteiger partial charge in [0.2, 0.25) is 0 Å². The standard InChI is InChI=1S/C12H21N3S/c1-8-3-9(2)5-10(4-8)12(15-13)11-6-16-7-14-11/h6-10,12,15H,3-5,13H2,1-2H3. The lowest BCUT2D eigenvalue weighted by atomic mass is 9.73. The fourth-order valence-corrected chi connectivity index (χ4v) is 3.71. The minimum absolute atomic E-state index is 0.233. The van der Waals surface area contributed by atoms with E-state index in [-0.39, 0.29) is 6.04 Å². The highest BCUT2D eigenvalue weighted by Crippen LogP contribution is 2.39. The molecule has 1 aromatic rings. The molecule has 0 aromatic carbocycles. The molecule has 3 nitrogen and oxygen atoms in total. The summed E-state index contributed by atoms with van der Waals surface area (Å²) < 4.78 is 0. The molecule has 4 heteroatoms. The normalized spacial score (nSPS) is 32.6. The van der Waals surface area contributed by atoms with Crippen LogP contribution < -0.4 is 11.3 Å². The molecule has 1 aliphatic carbocycles. The quantitative estimate of drug-likeness (QED) is 0.630. The lowest BCUT2D eigenvalue weighted by Crippen LogP contribution is -2.37. The smallest absolute Gasteiger partial charge is 0.0795 e. The van der Waals surface area contributed by atoms with Gasteiger partial charge in [-0.2, -0.15) is 0 Å². The van der Waals surface area contributed by atoms with Gasteiger partial charge in [-0.1, -0.05) is 13.8 Å². The summed E-state index contributed by atoms with van der Waals surface area (Å²) in [6.45, 7) is 4.69. The van der Waals surface area contributed by atoms with Gasteiger partial charge in [0, 0.05) is 5.38 Å². The molecular weight excluding hydrogens is 218 g/mol. The van der Waals surface area contributed by atoms with E-state index < -0.39 is 0 Å². The summed E-state index contributed by atoms with van der Waals surface area (Å²) in [5.74, 6) is 7.95. The maximum absolute atomic E-state index is 5.70. The summed E-state index contributed by atoms with van der Waals surface area (Å²) in [6.07, 6.45) is 3.87. The summed E-state index contributed by atoms with van der Waals surface area (Å²) in [7, 11) is 0. The number of nitrogens with zero attached hydrogens (tertiary/aromatic N) is 1. The molecule has 1 saturated carbocycles. The molecule has 90 valence electrons. The van der Waals surface area contributed by atoms with Crippen molar-refractivity contribution in [2.24, 2.45) is 23.6 Å². The predicted octanol–water partition coefficient (Wildman–Crippen LogP) is 2.72. The lowest BCUT2D eigenvalue weighted by Gasteiger charge is -2.35. The first-order valence-corrected chi connectivity index (χ1v) is 6.99. The molecule has 3 N–H and O–H groups in total. The fourth-order valence-electron chi connectivity index (χ4n) is 3.12. The highest BCUT2D eigenvalue weighted by molar-refractivity contribution is 7.07. The number of rotatable bonds is 3. The van der Waals surface area contributed by atoms with Gasteiger partial charge in [0.1, 0.15) is 0 Å². The Hall–Kier alpha value is -0.450. The van der Waals surface area contributed by atoms with Gasteiger partial charge in [0.25, 0.3) is 0 Å². The molecule has 3 atom stereocenters. The third-order valence-electron chi connectivity index (χ3n) is 3.64. The van der Waals surface area contributed by atoms with Crippen molar-refractivity contribution < 1.29 is 0 Å². The zero-order valence-corrected chi connectivity index (χ0v) is 10.8. The third kappa shape index (κ3) is 2.62. The van der Waals surface area contributed by atoms with Crippen LogP contribution in [0.3, 0.4) is 0 Å². The van der Waals surface area contributed by atoms with E-state index in [1.54, 1.807) is 11.3 Å². The van der Waals surface area contributed by atoms with Gasteiger partial charge in [0.05, 0.1) is 17.2 Å². The minimum atomic E-state index is 0.233. The number of thiazole rings is 1. The number of aromatic nitrogens is 1. The summed E-state index contributed by atoms with van der Waals surface area (Å²) in [4.78, 5) is 4.39. The SMILES string of the molecule is CC1CC(C)CC(C(NN)c2cscn2)C1. The van der Waals surface area contributed by atoms with E-state index in [1.165, 1.54) is 19.3 Å². The fraction of sp³-hybridized carbons (Fsp3) is 0.750. The summed E-state index contributed by atoms with van der Waals surface area (Å²) >= 11 is 1.64. The summed E-state index contributed by atoms with van der Waals surface area (Å²) in [6, 6.07) is 0.233. The molecular formula is C12H21N3S. The molecule has 0 amide bonds. The molecule has 0 aliphatic heterocycles. The van der Waals surface area contributed by atoms with Gasteiger partial charge in [-0.05, 0) is 37.0 Å². The van der Waals surface area contributed by atoms with Gasteiger partial charge in [-0.15, -0.1) is 11.3 Å². The zero-order chi connectivity index (χ0) is 11.5. The molecule has 1 aliphatic rings. The molecule has 2 rings (SSSR count). The molecule has 0 saturated heterocycles. The molecule has 1 fully saturated rings. The zero-order valence-electron chi connectivity index (χ0n) is 10.0. The Morgan fingerprint density at radius 3 is 2.56 bits per heavy atom. The first-order chi connectivity index (χ1) is 7.70. The van der Waals surface area contributed by atoms with Crippen molar-refractivity contribution in [3.63, 3.8) is 0 Å². The second-order valence-electron chi connectivity index (χ2n) is 5.24. The Kier molecular flexibility index (Phi) is 3.95. The van der Waals surface area contributed by atoms with Crippen molar-refractivity contribution in [2.75, 3.05) is 0 Å². The van der Waals surface area contributed by atoms with E-state index >= 15 is 0 Å². The highest BCUT2D eigenvalue weighted by Gasteiger charge is 2.31. The molecule has 16 heavy (non-hydrogen) atoms. The largest absolute Gasteiger partial charge is 0.271 e. The maximum atomic E-state index is 5.70. The molecule has 0 spiro atoms. The van der Waals surface area contributed by atoms with Crippen molar-refractivity contribution in [3.8, 4) is 0 Å². The molecule has 1 aromatic heterocycles. The van der Waals surface area contributed by atoms with Crippen LogP contribution in [0, 0.1) is 17.8 Å². The Balaban J connectivity index is 2.09. The van der Waals surface area contributed by atoms with Crippen LogP contribution in [-0.2, 0) is 0 Å². The maximum Gasteiger partial charge on any atom is 0.0795 e. The Bertz CT molecular complexity index is 302. The van der Waals surface area contributed by atoms with E-state index in [4.69, 9.17) is 5.84 Å². The van der Waals surface area contributed by atoms with Crippen LogP contribution in [0.2, 0.25) is 0 Å². The van der Waals surface area contributed by atoms with Crippen molar-refractivity contribution in [2.45, 2.75) is 39.2 Å². The molecule has 3 unspecified atom stereocenters. The van der Waals surface area contributed by atoms with E-state index in [2.05, 4.69) is 29.6 Å². The van der Waals surface area contributed by atoms with Gasteiger partial charge in [0.15, 0.2) is 0 Å². The number of hydrogen-bond acceptors (Lipinski definition) is 4. The van der Waals surface area contributed by atoms with Crippen LogP contribution in [0.25, 0.3) is 0 Å².